The van der Waals surface area contributed by atoms with E-state index in [9.17, 15) is 14.0 Å². The van der Waals surface area contributed by atoms with Crippen LogP contribution in [0.4, 0.5) is 14.9 Å². The van der Waals surface area contributed by atoms with Gasteiger partial charge in [-0.1, -0.05) is 0 Å². The summed E-state index contributed by atoms with van der Waals surface area (Å²) in [5.41, 5.74) is 2.13. The standard InChI is InChI=1S/C15H17FN4O3/c1-9-7-10(2)20(19-9)13-4-3-11(8-12(13)16)18-15(23)17-6-5-14(21)22/h3-4,7-8H,5-6H2,1-2H3,(H,21,22)(H2,17,18,23). The third kappa shape index (κ3) is 4.29. The number of hydrogen-bond donors (Lipinski definition) is 3. The fourth-order valence-corrected chi connectivity index (χ4v) is 2.09. The molecule has 1 heterocycles. The van der Waals surface area contributed by atoms with Crippen molar-refractivity contribution in [1.82, 2.24) is 15.1 Å². The number of carbonyl (C=O) groups excluding carboxylic acids is 1. The summed E-state index contributed by atoms with van der Waals surface area (Å²) in [5.74, 6) is -1.54. The van der Waals surface area contributed by atoms with E-state index in [0.29, 0.717) is 0 Å². The van der Waals surface area contributed by atoms with Crippen LogP contribution in [0.1, 0.15) is 17.8 Å². The van der Waals surface area contributed by atoms with Gasteiger partial charge < -0.3 is 15.7 Å². The van der Waals surface area contributed by atoms with Gasteiger partial charge in [0.25, 0.3) is 0 Å². The molecule has 8 heteroatoms. The molecule has 23 heavy (non-hydrogen) atoms. The number of halogens is 1. The molecule has 7 nitrogen and oxygen atoms in total. The van der Waals surface area contributed by atoms with Gasteiger partial charge in [-0.05, 0) is 38.1 Å². The molecule has 0 aliphatic carbocycles. The largest absolute Gasteiger partial charge is 0.481 e. The molecule has 0 atom stereocenters. The number of aryl methyl sites for hydroxylation is 2. The quantitative estimate of drug-likeness (QED) is 0.787. The Bertz CT molecular complexity index is 742. The van der Waals surface area contributed by atoms with Crippen LogP contribution in [0, 0.1) is 19.7 Å². The number of carbonyl (C=O) groups is 2. The number of carboxylic acid groups (broad SMARTS) is 1. The number of aliphatic carboxylic acids is 1. The number of benzene rings is 1. The maximum absolute atomic E-state index is 14.2. The Kier molecular flexibility index (Phi) is 4.95. The average molecular weight is 320 g/mol. The number of hydrogen-bond acceptors (Lipinski definition) is 3. The van der Waals surface area contributed by atoms with Gasteiger partial charge in [-0.15, -0.1) is 0 Å². The maximum Gasteiger partial charge on any atom is 0.319 e. The molecule has 122 valence electrons. The van der Waals surface area contributed by atoms with Crippen molar-refractivity contribution in [1.29, 1.82) is 0 Å². The van der Waals surface area contributed by atoms with E-state index in [-0.39, 0.29) is 24.3 Å². The average Bonchev–Trinajstić information content (AvgIpc) is 2.77. The van der Waals surface area contributed by atoms with Gasteiger partial charge in [0.05, 0.1) is 12.1 Å². The Morgan fingerprint density at radius 3 is 2.61 bits per heavy atom. The lowest BCUT2D eigenvalue weighted by molar-refractivity contribution is -0.136. The zero-order chi connectivity index (χ0) is 17.0. The molecular formula is C15H17FN4O3. The normalized spacial score (nSPS) is 10.4. The summed E-state index contributed by atoms with van der Waals surface area (Å²) in [7, 11) is 0. The fourth-order valence-electron chi connectivity index (χ4n) is 2.09. The molecule has 0 fully saturated rings. The number of nitrogens with one attached hydrogen (secondary N) is 2. The van der Waals surface area contributed by atoms with Crippen molar-refractivity contribution in [2.75, 3.05) is 11.9 Å². The predicted molar refractivity (Wildman–Crippen MR) is 82.3 cm³/mol. The van der Waals surface area contributed by atoms with Crippen molar-refractivity contribution in [3.63, 3.8) is 0 Å². The fraction of sp³-hybridized carbons (Fsp3) is 0.267. The number of anilines is 1. The first kappa shape index (κ1) is 16.5. The zero-order valence-electron chi connectivity index (χ0n) is 12.8. The van der Waals surface area contributed by atoms with E-state index in [1.54, 1.807) is 6.07 Å². The molecule has 0 aliphatic rings. The number of urea groups is 1. The van der Waals surface area contributed by atoms with Gasteiger partial charge in [-0.3, -0.25) is 4.79 Å². The van der Waals surface area contributed by atoms with Gasteiger partial charge in [0, 0.05) is 17.9 Å². The number of nitrogens with zero attached hydrogens (tertiary/aromatic N) is 2. The van der Waals surface area contributed by atoms with Crippen LogP contribution in [-0.4, -0.2) is 33.4 Å². The Morgan fingerprint density at radius 2 is 2.04 bits per heavy atom. The summed E-state index contributed by atoms with van der Waals surface area (Å²) in [5, 5.41) is 17.5. The van der Waals surface area contributed by atoms with Crippen molar-refractivity contribution in [3.8, 4) is 5.69 Å². The Balaban J connectivity index is 2.06. The SMILES string of the molecule is Cc1cc(C)n(-c2ccc(NC(=O)NCCC(=O)O)cc2F)n1. The van der Waals surface area contributed by atoms with Crippen LogP contribution in [0.2, 0.25) is 0 Å². The van der Waals surface area contributed by atoms with E-state index in [4.69, 9.17) is 5.11 Å². The highest BCUT2D eigenvalue weighted by atomic mass is 19.1. The number of carboxylic acids is 1. The summed E-state index contributed by atoms with van der Waals surface area (Å²) >= 11 is 0. The van der Waals surface area contributed by atoms with Crippen LogP contribution in [-0.2, 0) is 4.79 Å². The molecule has 0 saturated heterocycles. The minimum atomic E-state index is -1.01. The summed E-state index contributed by atoms with van der Waals surface area (Å²) in [6, 6.07) is 5.49. The molecule has 0 aliphatic heterocycles. The van der Waals surface area contributed by atoms with Crippen molar-refractivity contribution in [2.45, 2.75) is 20.3 Å². The van der Waals surface area contributed by atoms with Crippen LogP contribution in [0.15, 0.2) is 24.3 Å². The highest BCUT2D eigenvalue weighted by Crippen LogP contribution is 2.19. The number of aromatic nitrogens is 2. The Labute approximate surface area is 132 Å². The molecule has 0 unspecified atom stereocenters. The minimum Gasteiger partial charge on any atom is -0.481 e. The Hall–Kier alpha value is -2.90. The van der Waals surface area contributed by atoms with Gasteiger partial charge in [0.1, 0.15) is 5.69 Å². The molecule has 2 amide bonds. The van der Waals surface area contributed by atoms with E-state index < -0.39 is 17.8 Å². The summed E-state index contributed by atoms with van der Waals surface area (Å²) in [4.78, 5) is 21.9. The summed E-state index contributed by atoms with van der Waals surface area (Å²) in [6.45, 7) is 3.63. The molecule has 0 spiro atoms. The molecule has 1 aromatic carbocycles. The van der Waals surface area contributed by atoms with Gasteiger partial charge >= 0.3 is 12.0 Å². The van der Waals surface area contributed by atoms with Crippen LogP contribution >= 0.6 is 0 Å². The van der Waals surface area contributed by atoms with Crippen LogP contribution < -0.4 is 10.6 Å². The lowest BCUT2D eigenvalue weighted by Gasteiger charge is -2.10. The van der Waals surface area contributed by atoms with Crippen LogP contribution in [0.3, 0.4) is 0 Å². The third-order valence-electron chi connectivity index (χ3n) is 3.07. The molecule has 2 rings (SSSR count). The molecule has 3 N–H and O–H groups in total. The van der Waals surface area contributed by atoms with Crippen LogP contribution in [0.25, 0.3) is 5.69 Å². The lowest BCUT2D eigenvalue weighted by atomic mass is 10.2. The maximum atomic E-state index is 14.2. The lowest BCUT2D eigenvalue weighted by Crippen LogP contribution is -2.30. The van der Waals surface area contributed by atoms with E-state index in [2.05, 4.69) is 15.7 Å². The van der Waals surface area contributed by atoms with Crippen molar-refractivity contribution in [2.24, 2.45) is 0 Å². The van der Waals surface area contributed by atoms with E-state index in [0.717, 1.165) is 11.4 Å². The molecule has 1 aromatic heterocycles. The topological polar surface area (TPSA) is 96.2 Å². The first-order valence-corrected chi connectivity index (χ1v) is 6.96. The third-order valence-corrected chi connectivity index (χ3v) is 3.07. The minimum absolute atomic E-state index is 0.00646. The monoisotopic (exact) mass is 320 g/mol. The highest BCUT2D eigenvalue weighted by Gasteiger charge is 2.11. The van der Waals surface area contributed by atoms with Gasteiger partial charge in [0.15, 0.2) is 5.82 Å². The highest BCUT2D eigenvalue weighted by molar-refractivity contribution is 5.89. The predicted octanol–water partition coefficient (Wildman–Crippen LogP) is 2.22. The van der Waals surface area contributed by atoms with E-state index >= 15 is 0 Å². The van der Waals surface area contributed by atoms with Crippen molar-refractivity contribution >= 4 is 17.7 Å². The molecule has 0 saturated carbocycles. The number of amides is 2. The first-order chi connectivity index (χ1) is 10.9. The molecule has 2 aromatic rings. The first-order valence-electron chi connectivity index (χ1n) is 6.96. The molecule has 0 bridgehead atoms. The molecule has 0 radical (unpaired) electrons. The zero-order valence-corrected chi connectivity index (χ0v) is 12.8. The van der Waals surface area contributed by atoms with Crippen molar-refractivity contribution < 1.29 is 19.1 Å². The van der Waals surface area contributed by atoms with Crippen LogP contribution in [0.5, 0.6) is 0 Å². The smallest absolute Gasteiger partial charge is 0.319 e. The van der Waals surface area contributed by atoms with Gasteiger partial charge in [-0.25, -0.2) is 13.9 Å². The van der Waals surface area contributed by atoms with Gasteiger partial charge in [0.2, 0.25) is 0 Å². The van der Waals surface area contributed by atoms with Gasteiger partial charge in [-0.2, -0.15) is 5.10 Å². The van der Waals surface area contributed by atoms with E-state index in [1.165, 1.54) is 16.8 Å². The second-order valence-corrected chi connectivity index (χ2v) is 5.03. The number of rotatable bonds is 5. The molecular weight excluding hydrogens is 303 g/mol. The second-order valence-electron chi connectivity index (χ2n) is 5.03. The van der Waals surface area contributed by atoms with E-state index in [1.807, 2.05) is 19.9 Å². The van der Waals surface area contributed by atoms with Crippen molar-refractivity contribution in [3.05, 3.63) is 41.5 Å². The second kappa shape index (κ2) is 6.91. The summed E-state index contributed by atoms with van der Waals surface area (Å²) in [6.07, 6.45) is -0.182. The summed E-state index contributed by atoms with van der Waals surface area (Å²) < 4.78 is 15.7. The Morgan fingerprint density at radius 1 is 1.30 bits per heavy atom.